The standard InChI is InChI=1S/C14H19NO3S/c16-14(15-13-8-4-5-9-13)11-19(17,18)10-12-6-2-1-3-7-12/h1-3,6-7,13H,4-5,8-11H2,(H,15,16). The minimum atomic E-state index is -3.39. The molecule has 0 spiro atoms. The van der Waals surface area contributed by atoms with Crippen LogP contribution in [0.2, 0.25) is 0 Å². The molecule has 1 N–H and O–H groups in total. The predicted molar refractivity (Wildman–Crippen MR) is 74.3 cm³/mol. The number of nitrogens with one attached hydrogen (secondary N) is 1. The summed E-state index contributed by atoms with van der Waals surface area (Å²) in [6.07, 6.45) is 4.15. The highest BCUT2D eigenvalue weighted by molar-refractivity contribution is 7.91. The Balaban J connectivity index is 1.88. The van der Waals surface area contributed by atoms with Crippen molar-refractivity contribution in [2.75, 3.05) is 5.75 Å². The van der Waals surface area contributed by atoms with E-state index in [1.165, 1.54) is 0 Å². The van der Waals surface area contributed by atoms with Gasteiger partial charge in [0.1, 0.15) is 5.75 Å². The van der Waals surface area contributed by atoms with Gasteiger partial charge < -0.3 is 5.32 Å². The third-order valence-corrected chi connectivity index (χ3v) is 4.78. The summed E-state index contributed by atoms with van der Waals surface area (Å²) in [7, 11) is -3.39. The molecule has 0 bridgehead atoms. The van der Waals surface area contributed by atoms with E-state index >= 15 is 0 Å². The molecule has 0 radical (unpaired) electrons. The van der Waals surface area contributed by atoms with Gasteiger partial charge in [-0.15, -0.1) is 0 Å². The number of carbonyl (C=O) groups is 1. The van der Waals surface area contributed by atoms with Gasteiger partial charge >= 0.3 is 0 Å². The first-order valence-corrected chi connectivity index (χ1v) is 8.41. The van der Waals surface area contributed by atoms with Crippen molar-refractivity contribution in [2.24, 2.45) is 0 Å². The minimum Gasteiger partial charge on any atom is -0.352 e. The molecule has 19 heavy (non-hydrogen) atoms. The highest BCUT2D eigenvalue weighted by Gasteiger charge is 2.21. The molecule has 1 aromatic rings. The monoisotopic (exact) mass is 281 g/mol. The van der Waals surface area contributed by atoms with E-state index in [-0.39, 0.29) is 17.7 Å². The second-order valence-corrected chi connectivity index (χ2v) is 7.13. The van der Waals surface area contributed by atoms with Crippen LogP contribution in [-0.4, -0.2) is 26.1 Å². The summed E-state index contributed by atoms with van der Waals surface area (Å²) >= 11 is 0. The van der Waals surface area contributed by atoms with Crippen molar-refractivity contribution in [2.45, 2.75) is 37.5 Å². The van der Waals surface area contributed by atoms with E-state index in [1.807, 2.05) is 6.07 Å². The summed E-state index contributed by atoms with van der Waals surface area (Å²) in [6, 6.07) is 9.11. The first-order valence-electron chi connectivity index (χ1n) is 6.59. The van der Waals surface area contributed by atoms with E-state index in [0.29, 0.717) is 0 Å². The number of benzene rings is 1. The van der Waals surface area contributed by atoms with Crippen LogP contribution in [0.4, 0.5) is 0 Å². The van der Waals surface area contributed by atoms with Crippen LogP contribution in [0.1, 0.15) is 31.2 Å². The van der Waals surface area contributed by atoms with Crippen LogP contribution < -0.4 is 5.32 Å². The second kappa shape index (κ2) is 6.19. The Morgan fingerprint density at radius 2 is 1.79 bits per heavy atom. The summed E-state index contributed by atoms with van der Waals surface area (Å²) in [5.74, 6) is -0.868. The van der Waals surface area contributed by atoms with E-state index in [2.05, 4.69) is 5.32 Å². The van der Waals surface area contributed by atoms with Gasteiger partial charge in [-0.05, 0) is 18.4 Å². The van der Waals surface area contributed by atoms with Gasteiger partial charge in [-0.2, -0.15) is 0 Å². The van der Waals surface area contributed by atoms with Crippen molar-refractivity contribution in [3.8, 4) is 0 Å². The molecular formula is C14H19NO3S. The fourth-order valence-corrected chi connectivity index (χ4v) is 3.70. The molecule has 0 atom stereocenters. The molecule has 5 heteroatoms. The van der Waals surface area contributed by atoms with E-state index in [1.54, 1.807) is 24.3 Å². The molecule has 0 heterocycles. The first-order chi connectivity index (χ1) is 9.05. The SMILES string of the molecule is O=C(CS(=O)(=O)Cc1ccccc1)NC1CCCC1. The molecule has 0 aliphatic heterocycles. The van der Waals surface area contributed by atoms with Crippen molar-refractivity contribution in [3.05, 3.63) is 35.9 Å². The molecule has 0 saturated heterocycles. The lowest BCUT2D eigenvalue weighted by molar-refractivity contribution is -0.119. The summed E-state index contributed by atoms with van der Waals surface area (Å²) in [5.41, 5.74) is 0.719. The van der Waals surface area contributed by atoms with Crippen molar-refractivity contribution in [1.82, 2.24) is 5.32 Å². The van der Waals surface area contributed by atoms with E-state index < -0.39 is 15.6 Å². The predicted octanol–water partition coefficient (Wildman–Crippen LogP) is 1.66. The fraction of sp³-hybridized carbons (Fsp3) is 0.500. The van der Waals surface area contributed by atoms with E-state index in [0.717, 1.165) is 31.2 Å². The molecule has 1 aromatic carbocycles. The van der Waals surface area contributed by atoms with Gasteiger partial charge in [0.25, 0.3) is 0 Å². The van der Waals surface area contributed by atoms with Crippen molar-refractivity contribution >= 4 is 15.7 Å². The molecule has 0 aromatic heterocycles. The maximum absolute atomic E-state index is 11.9. The van der Waals surface area contributed by atoms with Gasteiger partial charge in [0, 0.05) is 6.04 Å². The molecule has 1 aliphatic carbocycles. The average molecular weight is 281 g/mol. The van der Waals surface area contributed by atoms with Crippen molar-refractivity contribution < 1.29 is 13.2 Å². The van der Waals surface area contributed by atoms with Gasteiger partial charge in [-0.25, -0.2) is 8.42 Å². The fourth-order valence-electron chi connectivity index (χ4n) is 2.42. The third kappa shape index (κ3) is 4.67. The zero-order valence-electron chi connectivity index (χ0n) is 10.8. The summed E-state index contributed by atoms with van der Waals surface area (Å²) in [6.45, 7) is 0. The Kier molecular flexibility index (Phi) is 4.58. The largest absolute Gasteiger partial charge is 0.352 e. The maximum Gasteiger partial charge on any atom is 0.235 e. The van der Waals surface area contributed by atoms with Gasteiger partial charge in [0.05, 0.1) is 5.75 Å². The number of hydrogen-bond donors (Lipinski definition) is 1. The highest BCUT2D eigenvalue weighted by Crippen LogP contribution is 2.17. The van der Waals surface area contributed by atoms with Crippen LogP contribution in [0.5, 0.6) is 0 Å². The van der Waals surface area contributed by atoms with Gasteiger partial charge in [0.15, 0.2) is 9.84 Å². The number of sulfone groups is 1. The molecule has 0 unspecified atom stereocenters. The number of rotatable bonds is 5. The minimum absolute atomic E-state index is 0.0775. The number of amides is 1. The van der Waals surface area contributed by atoms with Gasteiger partial charge in [-0.3, -0.25) is 4.79 Å². The quantitative estimate of drug-likeness (QED) is 0.892. The van der Waals surface area contributed by atoms with E-state index in [4.69, 9.17) is 0 Å². The molecule has 104 valence electrons. The zero-order valence-corrected chi connectivity index (χ0v) is 11.7. The third-order valence-electron chi connectivity index (χ3n) is 3.30. The summed E-state index contributed by atoms with van der Waals surface area (Å²) in [5, 5.41) is 2.80. The van der Waals surface area contributed by atoms with Crippen LogP contribution in [0.3, 0.4) is 0 Å². The number of carbonyl (C=O) groups excluding carboxylic acids is 1. The molecule has 2 rings (SSSR count). The van der Waals surface area contributed by atoms with Crippen LogP contribution in [0, 0.1) is 0 Å². The van der Waals surface area contributed by atoms with Crippen LogP contribution in [0.25, 0.3) is 0 Å². The lowest BCUT2D eigenvalue weighted by atomic mass is 10.2. The molecular weight excluding hydrogens is 262 g/mol. The molecule has 1 saturated carbocycles. The summed E-state index contributed by atoms with van der Waals surface area (Å²) in [4.78, 5) is 11.7. The maximum atomic E-state index is 11.9. The molecule has 1 aliphatic rings. The second-order valence-electron chi connectivity index (χ2n) is 5.07. The zero-order chi connectivity index (χ0) is 13.7. The van der Waals surface area contributed by atoms with E-state index in [9.17, 15) is 13.2 Å². The Bertz CT molecular complexity index is 519. The molecule has 4 nitrogen and oxygen atoms in total. The Morgan fingerprint density at radius 1 is 1.16 bits per heavy atom. The van der Waals surface area contributed by atoms with Gasteiger partial charge in [-0.1, -0.05) is 43.2 Å². The van der Waals surface area contributed by atoms with Crippen molar-refractivity contribution in [1.29, 1.82) is 0 Å². The molecule has 1 fully saturated rings. The Hall–Kier alpha value is -1.36. The lowest BCUT2D eigenvalue weighted by Gasteiger charge is -2.12. The smallest absolute Gasteiger partial charge is 0.235 e. The highest BCUT2D eigenvalue weighted by atomic mass is 32.2. The summed E-state index contributed by atoms with van der Waals surface area (Å²) < 4.78 is 23.8. The Morgan fingerprint density at radius 3 is 2.42 bits per heavy atom. The van der Waals surface area contributed by atoms with Crippen LogP contribution >= 0.6 is 0 Å². The molecule has 1 amide bonds. The van der Waals surface area contributed by atoms with Crippen molar-refractivity contribution in [3.63, 3.8) is 0 Å². The normalized spacial score (nSPS) is 16.4. The average Bonchev–Trinajstić information content (AvgIpc) is 2.81. The first kappa shape index (κ1) is 14.1. The topological polar surface area (TPSA) is 63.2 Å². The van der Waals surface area contributed by atoms with Gasteiger partial charge in [0.2, 0.25) is 5.91 Å². The van der Waals surface area contributed by atoms with Crippen LogP contribution in [-0.2, 0) is 20.4 Å². The number of hydrogen-bond acceptors (Lipinski definition) is 3. The lowest BCUT2D eigenvalue weighted by Crippen LogP contribution is -2.37. The Labute approximate surface area is 114 Å². The van der Waals surface area contributed by atoms with Crippen LogP contribution in [0.15, 0.2) is 30.3 Å².